The molecule has 0 saturated heterocycles. The van der Waals surface area contributed by atoms with Crippen LogP contribution in [0.4, 0.5) is 0 Å². The highest BCUT2D eigenvalue weighted by atomic mass is 16.5. The maximum absolute atomic E-state index is 11.7. The first-order chi connectivity index (χ1) is 7.03. The Morgan fingerprint density at radius 3 is 2.73 bits per heavy atom. The molecule has 0 atom stereocenters. The number of carbonyl (C=O) groups is 1. The van der Waals surface area contributed by atoms with E-state index in [-0.39, 0.29) is 11.4 Å². The maximum atomic E-state index is 11.7. The van der Waals surface area contributed by atoms with Crippen molar-refractivity contribution in [3.05, 3.63) is 30.1 Å². The number of hydrogen-bond donors (Lipinski definition) is 0. The van der Waals surface area contributed by atoms with Gasteiger partial charge < -0.3 is 4.74 Å². The molecule has 0 aliphatic rings. The van der Waals surface area contributed by atoms with Gasteiger partial charge in [0.15, 0.2) is 0 Å². The van der Waals surface area contributed by atoms with E-state index in [1.807, 2.05) is 32.0 Å². The number of rotatable bonds is 5. The Morgan fingerprint density at radius 2 is 2.20 bits per heavy atom. The van der Waals surface area contributed by atoms with Crippen LogP contribution < -0.4 is 0 Å². The minimum absolute atomic E-state index is 0.153. The van der Waals surface area contributed by atoms with Crippen molar-refractivity contribution in [1.29, 1.82) is 0 Å². The van der Waals surface area contributed by atoms with Gasteiger partial charge in [-0.3, -0.25) is 9.78 Å². The summed E-state index contributed by atoms with van der Waals surface area (Å²) in [5.41, 5.74) is 0.431. The molecular weight excluding hydrogens is 190 g/mol. The van der Waals surface area contributed by atoms with Gasteiger partial charge >= 0.3 is 0 Å². The average Bonchev–Trinajstić information content (AvgIpc) is 2.18. The fourth-order valence-corrected chi connectivity index (χ4v) is 1.31. The van der Waals surface area contributed by atoms with Gasteiger partial charge in [-0.1, -0.05) is 6.07 Å². The van der Waals surface area contributed by atoms with Gasteiger partial charge in [0.1, 0.15) is 5.78 Å². The molecule has 0 bridgehead atoms. The molecule has 1 aromatic heterocycles. The summed E-state index contributed by atoms with van der Waals surface area (Å²) >= 11 is 0. The Hall–Kier alpha value is -1.22. The zero-order valence-electron chi connectivity index (χ0n) is 9.49. The quantitative estimate of drug-likeness (QED) is 0.741. The van der Waals surface area contributed by atoms with Gasteiger partial charge in [-0.05, 0) is 26.0 Å². The van der Waals surface area contributed by atoms with Crippen LogP contribution in [0, 0.1) is 0 Å². The average molecular weight is 207 g/mol. The second kappa shape index (κ2) is 5.03. The van der Waals surface area contributed by atoms with Crippen LogP contribution in [-0.2, 0) is 16.0 Å². The fourth-order valence-electron chi connectivity index (χ4n) is 1.31. The van der Waals surface area contributed by atoms with Crippen LogP contribution in [0.3, 0.4) is 0 Å². The molecule has 0 fully saturated rings. The van der Waals surface area contributed by atoms with Gasteiger partial charge in [-0.15, -0.1) is 0 Å². The third kappa shape index (κ3) is 4.21. The van der Waals surface area contributed by atoms with E-state index in [4.69, 9.17) is 4.74 Å². The molecular formula is C12H17NO2. The highest BCUT2D eigenvalue weighted by Gasteiger charge is 2.21. The van der Waals surface area contributed by atoms with Gasteiger partial charge in [0.25, 0.3) is 0 Å². The molecule has 0 amide bonds. The molecule has 15 heavy (non-hydrogen) atoms. The molecule has 3 heteroatoms. The third-order valence-electron chi connectivity index (χ3n) is 2.28. The number of aromatic nitrogens is 1. The molecule has 0 aliphatic heterocycles. The summed E-state index contributed by atoms with van der Waals surface area (Å²) < 4.78 is 5.20. The van der Waals surface area contributed by atoms with Crippen LogP contribution >= 0.6 is 0 Å². The Morgan fingerprint density at radius 1 is 1.47 bits per heavy atom. The summed E-state index contributed by atoms with van der Waals surface area (Å²) in [4.78, 5) is 15.8. The lowest BCUT2D eigenvalue weighted by atomic mass is 9.99. The molecule has 82 valence electrons. The molecule has 0 aromatic carbocycles. The molecule has 0 N–H and O–H groups in total. The van der Waals surface area contributed by atoms with Crippen molar-refractivity contribution in [1.82, 2.24) is 4.98 Å². The number of nitrogens with zero attached hydrogens (tertiary/aromatic N) is 1. The second-order valence-corrected chi connectivity index (χ2v) is 4.18. The van der Waals surface area contributed by atoms with E-state index in [0.29, 0.717) is 12.8 Å². The van der Waals surface area contributed by atoms with Gasteiger partial charge in [-0.2, -0.15) is 0 Å². The Bertz CT molecular complexity index is 320. The summed E-state index contributed by atoms with van der Waals surface area (Å²) in [5.74, 6) is 0.153. The number of carbonyl (C=O) groups excluding carboxylic acids is 1. The van der Waals surface area contributed by atoms with E-state index in [9.17, 15) is 4.79 Å². The Balaban J connectivity index is 2.51. The number of hydrogen-bond acceptors (Lipinski definition) is 3. The topological polar surface area (TPSA) is 39.2 Å². The van der Waals surface area contributed by atoms with E-state index < -0.39 is 0 Å². The highest BCUT2D eigenvalue weighted by Crippen LogP contribution is 2.14. The molecule has 1 aromatic rings. The Kier molecular flexibility index (Phi) is 3.97. The molecule has 3 nitrogen and oxygen atoms in total. The lowest BCUT2D eigenvalue weighted by molar-refractivity contribution is -0.123. The highest BCUT2D eigenvalue weighted by molar-refractivity contribution is 5.81. The lowest BCUT2D eigenvalue weighted by Gasteiger charge is -2.21. The number of Topliss-reactive ketones (excluding diaryl/α,β-unsaturated/α-hetero) is 1. The monoisotopic (exact) mass is 207 g/mol. The second-order valence-electron chi connectivity index (χ2n) is 4.18. The van der Waals surface area contributed by atoms with Crippen molar-refractivity contribution in [2.45, 2.75) is 32.3 Å². The number of ether oxygens (including phenoxy) is 1. The summed E-state index contributed by atoms with van der Waals surface area (Å²) in [6, 6.07) is 5.59. The largest absolute Gasteiger partial charge is 0.378 e. The van der Waals surface area contributed by atoms with Crippen LogP contribution in [0.15, 0.2) is 24.4 Å². The number of methoxy groups -OCH3 is 1. The fraction of sp³-hybridized carbons (Fsp3) is 0.500. The van der Waals surface area contributed by atoms with Crippen LogP contribution in [-0.4, -0.2) is 23.5 Å². The predicted molar refractivity (Wildman–Crippen MR) is 58.7 cm³/mol. The van der Waals surface area contributed by atoms with Gasteiger partial charge in [0.2, 0.25) is 0 Å². The van der Waals surface area contributed by atoms with Crippen molar-refractivity contribution >= 4 is 5.78 Å². The van der Waals surface area contributed by atoms with Crippen molar-refractivity contribution in [3.63, 3.8) is 0 Å². The van der Waals surface area contributed by atoms with E-state index in [0.717, 1.165) is 5.69 Å². The lowest BCUT2D eigenvalue weighted by Crippen LogP contribution is -2.27. The normalized spacial score (nSPS) is 11.4. The van der Waals surface area contributed by atoms with E-state index >= 15 is 0 Å². The zero-order valence-corrected chi connectivity index (χ0v) is 9.49. The van der Waals surface area contributed by atoms with Crippen LogP contribution in [0.25, 0.3) is 0 Å². The van der Waals surface area contributed by atoms with E-state index in [1.165, 1.54) is 0 Å². The first-order valence-electron chi connectivity index (χ1n) is 5.00. The molecule has 1 rings (SSSR count). The van der Waals surface area contributed by atoms with Gasteiger partial charge in [0.05, 0.1) is 5.60 Å². The number of pyridine rings is 1. The molecule has 0 saturated carbocycles. The molecule has 0 unspecified atom stereocenters. The van der Waals surface area contributed by atoms with Crippen LogP contribution in [0.1, 0.15) is 26.0 Å². The summed E-state index contributed by atoms with van der Waals surface area (Å²) in [6.07, 6.45) is 2.50. The van der Waals surface area contributed by atoms with Crippen LogP contribution in [0.5, 0.6) is 0 Å². The van der Waals surface area contributed by atoms with Gasteiger partial charge in [-0.25, -0.2) is 0 Å². The number of ketones is 1. The standard InChI is InChI=1S/C12H17NO2/c1-12(2,15-3)9-11(14)8-10-6-4-5-7-13-10/h4-7H,8-9H2,1-3H3. The minimum atomic E-state index is -0.383. The van der Waals surface area contributed by atoms with Crippen molar-refractivity contribution in [3.8, 4) is 0 Å². The van der Waals surface area contributed by atoms with Crippen molar-refractivity contribution < 1.29 is 9.53 Å². The van der Waals surface area contributed by atoms with Gasteiger partial charge in [0, 0.05) is 31.8 Å². The molecule has 0 aliphatic carbocycles. The first kappa shape index (κ1) is 11.9. The van der Waals surface area contributed by atoms with E-state index in [2.05, 4.69) is 4.98 Å². The first-order valence-corrected chi connectivity index (χ1v) is 5.00. The zero-order chi connectivity index (χ0) is 11.3. The maximum Gasteiger partial charge on any atom is 0.141 e. The third-order valence-corrected chi connectivity index (χ3v) is 2.28. The predicted octanol–water partition coefficient (Wildman–Crippen LogP) is 2.01. The Labute approximate surface area is 90.5 Å². The van der Waals surface area contributed by atoms with Crippen molar-refractivity contribution in [2.24, 2.45) is 0 Å². The SMILES string of the molecule is COC(C)(C)CC(=O)Cc1ccccn1. The molecule has 0 spiro atoms. The van der Waals surface area contributed by atoms with E-state index in [1.54, 1.807) is 13.3 Å². The van der Waals surface area contributed by atoms with Crippen molar-refractivity contribution in [2.75, 3.05) is 7.11 Å². The summed E-state index contributed by atoms with van der Waals surface area (Å²) in [6.45, 7) is 3.81. The smallest absolute Gasteiger partial charge is 0.141 e. The summed E-state index contributed by atoms with van der Waals surface area (Å²) in [7, 11) is 1.62. The molecule has 0 radical (unpaired) electrons. The summed E-state index contributed by atoms with van der Waals surface area (Å²) in [5, 5.41) is 0. The minimum Gasteiger partial charge on any atom is -0.378 e. The van der Waals surface area contributed by atoms with Crippen LogP contribution in [0.2, 0.25) is 0 Å². The molecule has 1 heterocycles.